The number of hydrogen-bond acceptors (Lipinski definition) is 2. The molecule has 2 radical (unpaired) electrons. The van der Waals surface area contributed by atoms with Gasteiger partial charge in [0, 0.05) is 6.42 Å². The van der Waals surface area contributed by atoms with E-state index < -0.39 is 0 Å². The molecule has 0 saturated carbocycles. The van der Waals surface area contributed by atoms with E-state index >= 15 is 0 Å². The molecule has 0 bridgehead atoms. The van der Waals surface area contributed by atoms with Gasteiger partial charge in [0.05, 0.1) is 0 Å². The molecule has 3 heteroatoms. The van der Waals surface area contributed by atoms with E-state index in [1.807, 2.05) is 18.2 Å². The fourth-order valence-electron chi connectivity index (χ4n) is 0.692. The third-order valence-electron chi connectivity index (χ3n) is 1.26. The average Bonchev–Trinajstić information content (AvgIpc) is 2.20. The van der Waals surface area contributed by atoms with Crippen molar-refractivity contribution >= 4 is 27.1 Å². The number of hydrogen-bond donors (Lipinski definition) is 0. The maximum absolute atomic E-state index is 10.8. The summed E-state index contributed by atoms with van der Waals surface area (Å²) in [5, 5.41) is 0. The molecule has 1 rings (SSSR count). The van der Waals surface area contributed by atoms with Gasteiger partial charge in [-0.05, 0) is 12.1 Å². The third-order valence-corrected chi connectivity index (χ3v) is 1.26. The van der Waals surface area contributed by atoms with Crippen LogP contribution in [0.5, 0.6) is 5.75 Å². The molecule has 0 heterocycles. The number of esters is 1. The summed E-state index contributed by atoms with van der Waals surface area (Å²) in [6.07, 6.45) is 0.412. The van der Waals surface area contributed by atoms with Crippen molar-refractivity contribution < 1.29 is 9.53 Å². The molecular weight excluding hydrogens is 283 g/mol. The Balaban J connectivity index is 0.000000500. The first-order chi connectivity index (χ1) is 6.74. The van der Waals surface area contributed by atoms with Crippen LogP contribution in [0.15, 0.2) is 30.3 Å². The molecule has 0 fully saturated rings. The second-order valence-corrected chi connectivity index (χ2v) is 5.49. The molecule has 1 aromatic rings. The summed E-state index contributed by atoms with van der Waals surface area (Å²) in [4.78, 5) is 15.3. The number of carbonyl (C=O) groups excluding carboxylic acids is 1. The van der Waals surface area contributed by atoms with E-state index in [1.165, 1.54) is 0 Å². The minimum atomic E-state index is -0.198. The van der Waals surface area contributed by atoms with Crippen molar-refractivity contribution in [3.63, 3.8) is 0 Å². The van der Waals surface area contributed by atoms with E-state index in [9.17, 15) is 4.79 Å². The van der Waals surface area contributed by atoms with Crippen LogP contribution in [0.25, 0.3) is 0 Å². The average molecular weight is 299 g/mol. The van der Waals surface area contributed by atoms with Crippen molar-refractivity contribution in [2.24, 2.45) is 0 Å². The molecule has 0 saturated heterocycles. The summed E-state index contributed by atoms with van der Waals surface area (Å²) < 4.78 is 4.92. The fraction of sp³-hybridized carbons (Fsp3) is 0.364. The van der Waals surface area contributed by atoms with Crippen LogP contribution in [0.4, 0.5) is 0 Å². The summed E-state index contributed by atoms with van der Waals surface area (Å²) in [6, 6.07) is 9.06. The molecule has 14 heavy (non-hydrogen) atoms. The molecule has 1 aromatic carbocycles. The van der Waals surface area contributed by atoms with E-state index in [0.717, 1.165) is 0 Å². The number of para-hydroxylation sites is 1. The predicted octanol–water partition coefficient (Wildman–Crippen LogP) is 2.79. The molecule has 0 aliphatic heterocycles. The maximum atomic E-state index is 10.8. The Bertz CT molecular complexity index is 247. The molecule has 0 aliphatic rings. The zero-order valence-corrected chi connectivity index (χ0v) is 11.8. The Morgan fingerprint density at radius 1 is 1.29 bits per heavy atom. The summed E-state index contributed by atoms with van der Waals surface area (Å²) in [5.41, 5.74) is 0. The molecular formula is C11H16O2Sn. The van der Waals surface area contributed by atoms with Crippen LogP contribution in [0.2, 0.25) is 9.88 Å². The molecule has 0 aromatic heterocycles. The van der Waals surface area contributed by atoms with Crippen molar-refractivity contribution in [3.05, 3.63) is 30.3 Å². The SMILES string of the molecule is CCC(=O)Oc1ccccc1.[CH3][Sn][CH3]. The Morgan fingerprint density at radius 3 is 2.21 bits per heavy atom. The van der Waals surface area contributed by atoms with E-state index in [2.05, 4.69) is 9.88 Å². The Kier molecular flexibility index (Phi) is 8.73. The quantitative estimate of drug-likeness (QED) is 0.477. The second-order valence-electron chi connectivity index (χ2n) is 2.64. The van der Waals surface area contributed by atoms with Gasteiger partial charge in [0.2, 0.25) is 0 Å². The number of ether oxygens (including phenoxy) is 1. The van der Waals surface area contributed by atoms with E-state index in [1.54, 1.807) is 19.1 Å². The van der Waals surface area contributed by atoms with Crippen molar-refractivity contribution in [1.29, 1.82) is 0 Å². The van der Waals surface area contributed by atoms with Gasteiger partial charge >= 0.3 is 37.0 Å². The first-order valence-corrected chi connectivity index (χ1v) is 10.3. The standard InChI is InChI=1S/C9H10O2.2CH3.Sn/c1-2-9(10)11-8-6-4-3-5-7-8;;;/h3-7H,2H2,1H3;2*1H3;. The van der Waals surface area contributed by atoms with Crippen molar-refractivity contribution in [2.75, 3.05) is 0 Å². The van der Waals surface area contributed by atoms with Crippen LogP contribution in [0.1, 0.15) is 13.3 Å². The number of carbonyl (C=O) groups is 1. The van der Waals surface area contributed by atoms with Gasteiger partial charge in [-0.25, -0.2) is 0 Å². The zero-order chi connectivity index (χ0) is 10.8. The number of benzene rings is 1. The van der Waals surface area contributed by atoms with E-state index in [0.29, 0.717) is 12.2 Å². The molecule has 0 atom stereocenters. The fourth-order valence-corrected chi connectivity index (χ4v) is 0.692. The van der Waals surface area contributed by atoms with Gasteiger partial charge in [-0.15, -0.1) is 0 Å². The molecule has 0 unspecified atom stereocenters. The summed E-state index contributed by atoms with van der Waals surface area (Å²) in [7, 11) is 0. The second kappa shape index (κ2) is 9.06. The van der Waals surface area contributed by atoms with Gasteiger partial charge in [0.1, 0.15) is 5.75 Å². The molecule has 0 amide bonds. The monoisotopic (exact) mass is 300 g/mol. The minimum absolute atomic E-state index is 0.198. The molecule has 0 aliphatic carbocycles. The van der Waals surface area contributed by atoms with Gasteiger partial charge in [0.25, 0.3) is 0 Å². The van der Waals surface area contributed by atoms with Gasteiger partial charge in [-0.2, -0.15) is 0 Å². The molecule has 76 valence electrons. The van der Waals surface area contributed by atoms with Crippen LogP contribution in [-0.2, 0) is 4.79 Å². The molecule has 0 N–H and O–H groups in total. The van der Waals surface area contributed by atoms with Crippen molar-refractivity contribution in [2.45, 2.75) is 23.2 Å². The molecule has 0 spiro atoms. The van der Waals surface area contributed by atoms with Crippen LogP contribution >= 0.6 is 0 Å². The van der Waals surface area contributed by atoms with E-state index in [4.69, 9.17) is 4.74 Å². The zero-order valence-electron chi connectivity index (χ0n) is 8.91. The van der Waals surface area contributed by atoms with Crippen LogP contribution in [-0.4, -0.2) is 27.1 Å². The van der Waals surface area contributed by atoms with Gasteiger partial charge < -0.3 is 4.74 Å². The molecule has 2 nitrogen and oxygen atoms in total. The van der Waals surface area contributed by atoms with Crippen molar-refractivity contribution in [3.8, 4) is 5.75 Å². The topological polar surface area (TPSA) is 26.3 Å². The first kappa shape index (κ1) is 13.5. The Hall–Kier alpha value is -0.511. The Morgan fingerprint density at radius 2 is 1.79 bits per heavy atom. The predicted molar refractivity (Wildman–Crippen MR) is 59.9 cm³/mol. The van der Waals surface area contributed by atoms with Gasteiger partial charge in [0.15, 0.2) is 0 Å². The van der Waals surface area contributed by atoms with Crippen LogP contribution in [0, 0.1) is 0 Å². The van der Waals surface area contributed by atoms with Crippen LogP contribution in [0.3, 0.4) is 0 Å². The summed E-state index contributed by atoms with van der Waals surface area (Å²) in [5.74, 6) is 0.413. The summed E-state index contributed by atoms with van der Waals surface area (Å²) in [6.45, 7) is 1.77. The number of rotatable bonds is 2. The van der Waals surface area contributed by atoms with Gasteiger partial charge in [-0.1, -0.05) is 25.1 Å². The first-order valence-electron chi connectivity index (χ1n) is 4.58. The summed E-state index contributed by atoms with van der Waals surface area (Å²) >= 11 is 0.230. The Labute approximate surface area is 95.9 Å². The van der Waals surface area contributed by atoms with Crippen molar-refractivity contribution in [1.82, 2.24) is 0 Å². The van der Waals surface area contributed by atoms with Crippen LogP contribution < -0.4 is 4.74 Å². The van der Waals surface area contributed by atoms with Gasteiger partial charge in [-0.3, -0.25) is 4.79 Å². The normalized spacial score (nSPS) is 8.50. The van der Waals surface area contributed by atoms with E-state index in [-0.39, 0.29) is 27.1 Å². The third kappa shape index (κ3) is 6.95.